The number of hydrogen-bond donors (Lipinski definition) is 2. The van der Waals surface area contributed by atoms with Gasteiger partial charge in [0.1, 0.15) is 0 Å². The van der Waals surface area contributed by atoms with Gasteiger partial charge in [-0.15, -0.1) is 0 Å². The Labute approximate surface area is 115 Å². The van der Waals surface area contributed by atoms with Crippen molar-refractivity contribution in [3.05, 3.63) is 29.8 Å². The highest BCUT2D eigenvalue weighted by atomic mass is 16.1. The molecule has 1 amide bonds. The highest BCUT2D eigenvalue weighted by Crippen LogP contribution is 2.31. The zero-order valence-corrected chi connectivity index (χ0v) is 11.9. The Bertz CT molecular complexity index is 444. The van der Waals surface area contributed by atoms with E-state index in [1.807, 2.05) is 24.3 Å². The van der Waals surface area contributed by atoms with Gasteiger partial charge in [0.05, 0.1) is 0 Å². The molecule has 19 heavy (non-hydrogen) atoms. The molecule has 0 aliphatic heterocycles. The molecular formula is C16H24N2O. The number of para-hydroxylation sites is 1. The van der Waals surface area contributed by atoms with E-state index in [-0.39, 0.29) is 5.91 Å². The van der Waals surface area contributed by atoms with Gasteiger partial charge in [0.2, 0.25) is 5.91 Å². The third kappa shape index (κ3) is 3.49. The molecule has 104 valence electrons. The number of hydrogen-bond acceptors (Lipinski definition) is 2. The summed E-state index contributed by atoms with van der Waals surface area (Å²) in [5, 5.41) is 3.17. The van der Waals surface area contributed by atoms with Crippen LogP contribution in [-0.2, 0) is 11.2 Å². The van der Waals surface area contributed by atoms with Gasteiger partial charge in [0, 0.05) is 18.2 Å². The Morgan fingerprint density at radius 1 is 1.32 bits per heavy atom. The van der Waals surface area contributed by atoms with Crippen molar-refractivity contribution in [2.24, 2.45) is 11.8 Å². The van der Waals surface area contributed by atoms with Crippen LogP contribution in [0, 0.1) is 11.8 Å². The molecule has 0 saturated heterocycles. The number of amides is 1. The van der Waals surface area contributed by atoms with Crippen molar-refractivity contribution < 1.29 is 4.79 Å². The summed E-state index contributed by atoms with van der Waals surface area (Å²) in [6.45, 7) is 4.50. The van der Waals surface area contributed by atoms with E-state index in [0.717, 1.165) is 30.0 Å². The lowest BCUT2D eigenvalue weighted by Gasteiger charge is -2.19. The summed E-state index contributed by atoms with van der Waals surface area (Å²) in [5.41, 5.74) is 7.72. The third-order valence-electron chi connectivity index (χ3n) is 4.49. The molecule has 2 rings (SSSR count). The Morgan fingerprint density at radius 2 is 2.05 bits per heavy atom. The smallest absolute Gasteiger partial charge is 0.220 e. The second kappa shape index (κ2) is 6.09. The molecule has 0 aromatic heterocycles. The van der Waals surface area contributed by atoms with Crippen LogP contribution in [0.1, 0.15) is 38.7 Å². The molecule has 3 atom stereocenters. The fourth-order valence-corrected chi connectivity index (χ4v) is 2.86. The van der Waals surface area contributed by atoms with Crippen molar-refractivity contribution in [1.29, 1.82) is 0 Å². The van der Waals surface area contributed by atoms with E-state index < -0.39 is 0 Å². The maximum Gasteiger partial charge on any atom is 0.220 e. The second-order valence-corrected chi connectivity index (χ2v) is 5.79. The Hall–Kier alpha value is -1.51. The highest BCUT2D eigenvalue weighted by molar-refractivity contribution is 5.76. The summed E-state index contributed by atoms with van der Waals surface area (Å²) in [6.07, 6.45) is 3.57. The zero-order valence-electron chi connectivity index (χ0n) is 11.9. The highest BCUT2D eigenvalue weighted by Gasteiger charge is 2.30. The number of rotatable bonds is 4. The lowest BCUT2D eigenvalue weighted by atomic mass is 9.97. The number of benzene rings is 1. The van der Waals surface area contributed by atoms with Gasteiger partial charge in [-0.25, -0.2) is 0 Å². The molecule has 0 bridgehead atoms. The SMILES string of the molecule is CC1CCC(NC(=O)CCc2ccccc2N)C1C. The van der Waals surface area contributed by atoms with Crippen molar-refractivity contribution in [2.45, 2.75) is 45.6 Å². The van der Waals surface area contributed by atoms with Gasteiger partial charge in [-0.3, -0.25) is 4.79 Å². The van der Waals surface area contributed by atoms with Gasteiger partial charge in [0.25, 0.3) is 0 Å². The fourth-order valence-electron chi connectivity index (χ4n) is 2.86. The second-order valence-electron chi connectivity index (χ2n) is 5.79. The first kappa shape index (κ1) is 13.9. The summed E-state index contributed by atoms with van der Waals surface area (Å²) in [5.74, 6) is 1.45. The first-order valence-electron chi connectivity index (χ1n) is 7.20. The fraction of sp³-hybridized carbons (Fsp3) is 0.562. The predicted molar refractivity (Wildman–Crippen MR) is 78.7 cm³/mol. The number of nitrogens with two attached hydrogens (primary N) is 1. The lowest BCUT2D eigenvalue weighted by molar-refractivity contribution is -0.122. The third-order valence-corrected chi connectivity index (χ3v) is 4.49. The monoisotopic (exact) mass is 260 g/mol. The number of carbonyl (C=O) groups excluding carboxylic acids is 1. The molecule has 3 unspecified atom stereocenters. The molecule has 0 heterocycles. The zero-order chi connectivity index (χ0) is 13.8. The van der Waals surface area contributed by atoms with Crippen LogP contribution in [0.3, 0.4) is 0 Å². The summed E-state index contributed by atoms with van der Waals surface area (Å²) in [4.78, 5) is 12.0. The quantitative estimate of drug-likeness (QED) is 0.818. The minimum atomic E-state index is 0.147. The van der Waals surface area contributed by atoms with Gasteiger partial charge in [0.15, 0.2) is 0 Å². The van der Waals surface area contributed by atoms with Crippen LogP contribution in [0.25, 0.3) is 0 Å². The van der Waals surface area contributed by atoms with Gasteiger partial charge < -0.3 is 11.1 Å². The minimum Gasteiger partial charge on any atom is -0.399 e. The molecule has 1 fully saturated rings. The van der Waals surface area contributed by atoms with E-state index in [1.54, 1.807) is 0 Å². The van der Waals surface area contributed by atoms with Crippen LogP contribution in [0.5, 0.6) is 0 Å². The molecule has 1 aliphatic rings. The number of nitrogens with one attached hydrogen (secondary N) is 1. The van der Waals surface area contributed by atoms with Crippen molar-refractivity contribution >= 4 is 11.6 Å². The number of anilines is 1. The number of nitrogen functional groups attached to an aromatic ring is 1. The van der Waals surface area contributed by atoms with Gasteiger partial charge in [-0.2, -0.15) is 0 Å². The number of carbonyl (C=O) groups is 1. The van der Waals surface area contributed by atoms with Crippen LogP contribution >= 0.6 is 0 Å². The molecule has 0 spiro atoms. The Morgan fingerprint density at radius 3 is 2.68 bits per heavy atom. The molecule has 3 nitrogen and oxygen atoms in total. The van der Waals surface area contributed by atoms with E-state index in [2.05, 4.69) is 19.2 Å². The molecule has 3 N–H and O–H groups in total. The maximum atomic E-state index is 12.0. The average molecular weight is 260 g/mol. The van der Waals surface area contributed by atoms with Crippen LogP contribution in [0.15, 0.2) is 24.3 Å². The topological polar surface area (TPSA) is 55.1 Å². The Balaban J connectivity index is 1.81. The van der Waals surface area contributed by atoms with Crippen LogP contribution < -0.4 is 11.1 Å². The van der Waals surface area contributed by atoms with Gasteiger partial charge in [-0.05, 0) is 42.7 Å². The van der Waals surface area contributed by atoms with E-state index in [9.17, 15) is 4.79 Å². The molecule has 1 aromatic rings. The molecular weight excluding hydrogens is 236 g/mol. The molecule has 0 radical (unpaired) electrons. The van der Waals surface area contributed by atoms with E-state index in [0.29, 0.717) is 18.4 Å². The molecule has 1 saturated carbocycles. The maximum absolute atomic E-state index is 12.0. The van der Waals surface area contributed by atoms with Crippen molar-refractivity contribution in [3.63, 3.8) is 0 Å². The van der Waals surface area contributed by atoms with Crippen LogP contribution in [0.4, 0.5) is 5.69 Å². The number of aryl methyl sites for hydroxylation is 1. The largest absolute Gasteiger partial charge is 0.399 e. The standard InChI is InChI=1S/C16H24N2O/c1-11-7-9-15(12(11)2)18-16(19)10-8-13-5-3-4-6-14(13)17/h3-6,11-12,15H,7-10,17H2,1-2H3,(H,18,19). The Kier molecular flexibility index (Phi) is 4.46. The summed E-state index contributed by atoms with van der Waals surface area (Å²) >= 11 is 0. The first-order valence-corrected chi connectivity index (χ1v) is 7.20. The minimum absolute atomic E-state index is 0.147. The van der Waals surface area contributed by atoms with Gasteiger partial charge >= 0.3 is 0 Å². The lowest BCUT2D eigenvalue weighted by Crippen LogP contribution is -2.37. The van der Waals surface area contributed by atoms with Crippen molar-refractivity contribution in [2.75, 3.05) is 5.73 Å². The van der Waals surface area contributed by atoms with Crippen LogP contribution in [0.2, 0.25) is 0 Å². The predicted octanol–water partition coefficient (Wildman–Crippen LogP) is 2.75. The molecule has 1 aliphatic carbocycles. The normalized spacial score (nSPS) is 26.3. The van der Waals surface area contributed by atoms with E-state index in [4.69, 9.17) is 5.73 Å². The van der Waals surface area contributed by atoms with E-state index >= 15 is 0 Å². The average Bonchev–Trinajstić information content (AvgIpc) is 2.70. The van der Waals surface area contributed by atoms with Crippen LogP contribution in [-0.4, -0.2) is 11.9 Å². The van der Waals surface area contributed by atoms with E-state index in [1.165, 1.54) is 6.42 Å². The first-order chi connectivity index (χ1) is 9.08. The summed E-state index contributed by atoms with van der Waals surface area (Å²) in [6, 6.07) is 8.11. The van der Waals surface area contributed by atoms with Gasteiger partial charge in [-0.1, -0.05) is 32.0 Å². The van der Waals surface area contributed by atoms with Crippen molar-refractivity contribution in [3.8, 4) is 0 Å². The molecule has 1 aromatic carbocycles. The summed E-state index contributed by atoms with van der Waals surface area (Å²) in [7, 11) is 0. The molecule has 3 heteroatoms. The van der Waals surface area contributed by atoms with Crippen molar-refractivity contribution in [1.82, 2.24) is 5.32 Å². The summed E-state index contributed by atoms with van der Waals surface area (Å²) < 4.78 is 0.